The highest BCUT2D eigenvalue weighted by Gasteiger charge is 2.00. The summed E-state index contributed by atoms with van der Waals surface area (Å²) in [6.07, 6.45) is 6.91. The van der Waals surface area contributed by atoms with E-state index in [0.29, 0.717) is 18.9 Å². The summed E-state index contributed by atoms with van der Waals surface area (Å²) < 4.78 is 0. The second-order valence-electron chi connectivity index (χ2n) is 3.98. The summed E-state index contributed by atoms with van der Waals surface area (Å²) in [4.78, 5) is 28.7. The van der Waals surface area contributed by atoms with Crippen molar-refractivity contribution in [3.8, 4) is 0 Å². The van der Waals surface area contributed by atoms with Gasteiger partial charge < -0.3 is 5.32 Å². The number of aliphatic imine (C=N–C) groups is 1. The van der Waals surface area contributed by atoms with E-state index in [0.717, 1.165) is 25.7 Å². The summed E-state index contributed by atoms with van der Waals surface area (Å²) in [6.45, 7) is 1.16. The molecule has 1 heterocycles. The molecular formula is C13H18N4O2. The molecule has 6 nitrogen and oxygen atoms in total. The van der Waals surface area contributed by atoms with Crippen molar-refractivity contribution in [2.45, 2.75) is 25.7 Å². The van der Waals surface area contributed by atoms with Crippen LogP contribution in [0.25, 0.3) is 0 Å². The maximum atomic E-state index is 11.5. The van der Waals surface area contributed by atoms with Crippen molar-refractivity contribution in [3.05, 3.63) is 24.4 Å². The molecule has 2 N–H and O–H groups in total. The lowest BCUT2D eigenvalue weighted by molar-refractivity contribution is 0.252. The molecule has 0 radical (unpaired) electrons. The van der Waals surface area contributed by atoms with Gasteiger partial charge in [-0.3, -0.25) is 5.32 Å². The van der Waals surface area contributed by atoms with E-state index in [1.165, 1.54) is 6.08 Å². The minimum atomic E-state index is -0.246. The van der Waals surface area contributed by atoms with Gasteiger partial charge in [-0.25, -0.2) is 19.6 Å². The van der Waals surface area contributed by atoms with Crippen LogP contribution >= 0.6 is 0 Å². The first-order valence-electron chi connectivity index (χ1n) is 6.32. The molecule has 1 aromatic heterocycles. The average molecular weight is 262 g/mol. The maximum Gasteiger partial charge on any atom is 0.320 e. The van der Waals surface area contributed by atoms with E-state index < -0.39 is 0 Å². The second kappa shape index (κ2) is 9.79. The molecule has 0 aliphatic rings. The number of nitrogens with zero attached hydrogens (tertiary/aromatic N) is 2. The van der Waals surface area contributed by atoms with Gasteiger partial charge in [0.15, 0.2) is 0 Å². The Morgan fingerprint density at radius 2 is 2.11 bits per heavy atom. The Morgan fingerprint density at radius 1 is 1.26 bits per heavy atom. The van der Waals surface area contributed by atoms with Crippen LogP contribution in [0.3, 0.4) is 0 Å². The summed E-state index contributed by atoms with van der Waals surface area (Å²) in [5, 5.41) is 5.40. The molecule has 0 spiro atoms. The molecule has 0 aliphatic carbocycles. The number of hydrogen-bond acceptors (Lipinski definition) is 4. The van der Waals surface area contributed by atoms with Crippen LogP contribution in [0, 0.1) is 0 Å². The number of pyridine rings is 1. The number of amides is 2. The van der Waals surface area contributed by atoms with E-state index in [4.69, 9.17) is 0 Å². The first-order chi connectivity index (χ1) is 9.33. The normalized spacial score (nSPS) is 9.47. The fraction of sp³-hybridized carbons (Fsp3) is 0.462. The lowest BCUT2D eigenvalue weighted by atomic mass is 10.2. The Bertz CT molecular complexity index is 416. The molecule has 0 fully saturated rings. The molecule has 0 saturated heterocycles. The average Bonchev–Trinajstić information content (AvgIpc) is 2.43. The molecule has 0 saturated carbocycles. The Labute approximate surface area is 112 Å². The molecule has 0 aromatic carbocycles. The quantitative estimate of drug-likeness (QED) is 0.427. The zero-order valence-electron chi connectivity index (χ0n) is 10.8. The standard InChI is InChI=1S/C13H18N4O2/c18-11-14-8-4-1-2-5-10-16-13(19)17-12-7-3-6-9-15-12/h3,6-7,9H,1-2,4-5,8,10H2,(H2,15,16,17,19). The summed E-state index contributed by atoms with van der Waals surface area (Å²) in [5.74, 6) is 0.534. The van der Waals surface area contributed by atoms with Crippen molar-refractivity contribution >= 4 is 17.9 Å². The molecule has 0 unspecified atom stereocenters. The Morgan fingerprint density at radius 3 is 2.84 bits per heavy atom. The minimum Gasteiger partial charge on any atom is -0.338 e. The first-order valence-corrected chi connectivity index (χ1v) is 6.32. The van der Waals surface area contributed by atoms with Gasteiger partial charge in [-0.15, -0.1) is 0 Å². The van der Waals surface area contributed by atoms with Crippen LogP contribution < -0.4 is 10.6 Å². The maximum absolute atomic E-state index is 11.5. The summed E-state index contributed by atoms with van der Waals surface area (Å²) in [6, 6.07) is 5.08. The van der Waals surface area contributed by atoms with Gasteiger partial charge in [0.25, 0.3) is 0 Å². The monoisotopic (exact) mass is 262 g/mol. The van der Waals surface area contributed by atoms with Gasteiger partial charge in [0.2, 0.25) is 6.08 Å². The third-order valence-electron chi connectivity index (χ3n) is 2.45. The van der Waals surface area contributed by atoms with Crippen LogP contribution in [0.15, 0.2) is 29.4 Å². The van der Waals surface area contributed by atoms with Crippen molar-refractivity contribution < 1.29 is 9.59 Å². The zero-order valence-corrected chi connectivity index (χ0v) is 10.8. The largest absolute Gasteiger partial charge is 0.338 e. The number of carbonyl (C=O) groups excluding carboxylic acids is 2. The number of carbonyl (C=O) groups is 1. The highest BCUT2D eigenvalue weighted by atomic mass is 16.2. The molecule has 19 heavy (non-hydrogen) atoms. The molecule has 102 valence electrons. The van der Waals surface area contributed by atoms with Gasteiger partial charge in [-0.2, -0.15) is 0 Å². The molecule has 0 bridgehead atoms. The van der Waals surface area contributed by atoms with Crippen LogP contribution in [0.1, 0.15) is 25.7 Å². The predicted molar refractivity (Wildman–Crippen MR) is 72.7 cm³/mol. The van der Waals surface area contributed by atoms with E-state index in [-0.39, 0.29) is 6.03 Å². The fourth-order valence-electron chi connectivity index (χ4n) is 1.51. The molecule has 0 atom stereocenters. The van der Waals surface area contributed by atoms with Gasteiger partial charge in [0.05, 0.1) is 6.54 Å². The van der Waals surface area contributed by atoms with Crippen molar-refractivity contribution in [2.24, 2.45) is 4.99 Å². The number of unbranched alkanes of at least 4 members (excludes halogenated alkanes) is 3. The van der Waals surface area contributed by atoms with Crippen molar-refractivity contribution in [3.63, 3.8) is 0 Å². The van der Waals surface area contributed by atoms with Crippen molar-refractivity contribution in [1.29, 1.82) is 0 Å². The second-order valence-corrected chi connectivity index (χ2v) is 3.98. The number of urea groups is 1. The number of rotatable bonds is 8. The first kappa shape index (κ1) is 14.9. The third kappa shape index (κ3) is 7.68. The van der Waals surface area contributed by atoms with Gasteiger partial charge >= 0.3 is 6.03 Å². The number of aromatic nitrogens is 1. The Balaban J connectivity index is 2.00. The fourth-order valence-corrected chi connectivity index (χ4v) is 1.51. The summed E-state index contributed by atoms with van der Waals surface area (Å²) in [7, 11) is 0. The summed E-state index contributed by atoms with van der Waals surface area (Å²) in [5.41, 5.74) is 0. The minimum absolute atomic E-state index is 0.246. The van der Waals surface area contributed by atoms with Gasteiger partial charge in [0.1, 0.15) is 5.82 Å². The van der Waals surface area contributed by atoms with E-state index in [9.17, 15) is 9.59 Å². The van der Waals surface area contributed by atoms with Crippen LogP contribution in [-0.2, 0) is 4.79 Å². The van der Waals surface area contributed by atoms with Gasteiger partial charge in [0, 0.05) is 12.7 Å². The molecule has 0 aliphatic heterocycles. The van der Waals surface area contributed by atoms with E-state index in [1.807, 2.05) is 6.07 Å². The number of isocyanates is 1. The smallest absolute Gasteiger partial charge is 0.320 e. The van der Waals surface area contributed by atoms with Gasteiger partial charge in [-0.05, 0) is 25.0 Å². The topological polar surface area (TPSA) is 83.5 Å². The highest BCUT2D eigenvalue weighted by molar-refractivity contribution is 5.88. The Hall–Kier alpha value is -2.20. The molecule has 1 rings (SSSR count). The van der Waals surface area contributed by atoms with E-state index >= 15 is 0 Å². The van der Waals surface area contributed by atoms with E-state index in [2.05, 4.69) is 20.6 Å². The third-order valence-corrected chi connectivity index (χ3v) is 2.45. The van der Waals surface area contributed by atoms with Crippen LogP contribution in [-0.4, -0.2) is 30.2 Å². The van der Waals surface area contributed by atoms with Crippen molar-refractivity contribution in [2.75, 3.05) is 18.4 Å². The lowest BCUT2D eigenvalue weighted by Gasteiger charge is -2.06. The van der Waals surface area contributed by atoms with Crippen LogP contribution in [0.2, 0.25) is 0 Å². The van der Waals surface area contributed by atoms with Crippen molar-refractivity contribution in [1.82, 2.24) is 10.3 Å². The molecular weight excluding hydrogens is 244 g/mol. The van der Waals surface area contributed by atoms with Crippen LogP contribution in [0.4, 0.5) is 10.6 Å². The molecule has 2 amide bonds. The zero-order chi connectivity index (χ0) is 13.8. The number of hydrogen-bond donors (Lipinski definition) is 2. The number of anilines is 1. The number of nitrogens with one attached hydrogen (secondary N) is 2. The SMILES string of the molecule is O=C=NCCCCCCNC(=O)Nc1ccccn1. The predicted octanol–water partition coefficient (Wildman–Crippen LogP) is 2.10. The van der Waals surface area contributed by atoms with Crippen LogP contribution in [0.5, 0.6) is 0 Å². The lowest BCUT2D eigenvalue weighted by Crippen LogP contribution is -2.29. The summed E-state index contributed by atoms with van der Waals surface area (Å²) >= 11 is 0. The highest BCUT2D eigenvalue weighted by Crippen LogP contribution is 2.00. The molecule has 1 aromatic rings. The molecule has 6 heteroatoms. The van der Waals surface area contributed by atoms with Gasteiger partial charge in [-0.1, -0.05) is 18.9 Å². The Kier molecular flexibility index (Phi) is 7.66. The van der Waals surface area contributed by atoms with E-state index in [1.54, 1.807) is 18.3 Å².